The van der Waals surface area contributed by atoms with Crippen LogP contribution in [0.4, 0.5) is 0 Å². The van der Waals surface area contributed by atoms with E-state index in [1.807, 2.05) is 7.11 Å². The summed E-state index contributed by atoms with van der Waals surface area (Å²) >= 11 is 0. The van der Waals surface area contributed by atoms with Crippen molar-refractivity contribution in [3.8, 4) is 0 Å². The molecule has 0 atom stereocenters. The van der Waals surface area contributed by atoms with Crippen molar-refractivity contribution in [3.63, 3.8) is 0 Å². The van der Waals surface area contributed by atoms with Gasteiger partial charge in [0.05, 0.1) is 12.6 Å². The van der Waals surface area contributed by atoms with Crippen LogP contribution in [0.25, 0.3) is 17.2 Å². The molecule has 1 aliphatic rings. The normalized spacial score (nSPS) is 16.0. The van der Waals surface area contributed by atoms with Gasteiger partial charge in [0.1, 0.15) is 11.3 Å². The molecule has 3 heterocycles. The van der Waals surface area contributed by atoms with Gasteiger partial charge >= 0.3 is 0 Å². The Balaban J connectivity index is 1.42. The predicted molar refractivity (Wildman–Crippen MR) is 127 cm³/mol. The Bertz CT molecular complexity index is 1040. The highest BCUT2D eigenvalue weighted by molar-refractivity contribution is 5.76. The molecular formula is C26H34N4O. The number of ether oxygens (including phenoxy) is 1. The highest BCUT2D eigenvalue weighted by Crippen LogP contribution is 2.21. The number of hydrogen-bond donors (Lipinski definition) is 0. The molecule has 1 saturated heterocycles. The monoisotopic (exact) mass is 418 g/mol. The number of methoxy groups -OCH3 is 1. The van der Waals surface area contributed by atoms with Gasteiger partial charge in [-0.15, -0.1) is 0 Å². The van der Waals surface area contributed by atoms with E-state index in [-0.39, 0.29) is 0 Å². The molecule has 5 nitrogen and oxygen atoms in total. The smallest absolute Gasteiger partial charge is 0.160 e. The minimum atomic E-state index is 0.441. The first-order valence-corrected chi connectivity index (χ1v) is 11.4. The molecule has 1 aliphatic heterocycles. The molecule has 164 valence electrons. The summed E-state index contributed by atoms with van der Waals surface area (Å²) in [6.07, 6.45) is 8.11. The van der Waals surface area contributed by atoms with E-state index in [9.17, 15) is 0 Å². The van der Waals surface area contributed by atoms with Crippen LogP contribution < -0.4 is 0 Å². The fourth-order valence-electron chi connectivity index (χ4n) is 4.47. The minimum Gasteiger partial charge on any atom is -0.381 e. The Morgan fingerprint density at radius 1 is 1.10 bits per heavy atom. The molecule has 3 aromatic rings. The van der Waals surface area contributed by atoms with Crippen LogP contribution in [-0.4, -0.2) is 52.3 Å². The zero-order chi connectivity index (χ0) is 21.8. The minimum absolute atomic E-state index is 0.441. The lowest BCUT2D eigenvalue weighted by Crippen LogP contribution is -2.36. The van der Waals surface area contributed by atoms with E-state index in [0.717, 1.165) is 68.1 Å². The first-order valence-electron chi connectivity index (χ1n) is 11.4. The quantitative estimate of drug-likeness (QED) is 0.554. The number of rotatable bonds is 7. The summed E-state index contributed by atoms with van der Waals surface area (Å²) in [5, 5.41) is 0. The summed E-state index contributed by atoms with van der Waals surface area (Å²) in [7, 11) is 1.82. The molecule has 0 unspecified atom stereocenters. The Labute approximate surface area is 185 Å². The maximum Gasteiger partial charge on any atom is 0.160 e. The molecule has 0 aliphatic carbocycles. The second-order valence-electron chi connectivity index (χ2n) is 8.60. The topological polar surface area (TPSA) is 43.2 Å². The maximum atomic E-state index is 5.46. The average Bonchev–Trinajstić information content (AvgIpc) is 3.13. The van der Waals surface area contributed by atoms with Crippen LogP contribution in [0.15, 0.2) is 36.4 Å². The molecular weight excluding hydrogens is 384 g/mol. The van der Waals surface area contributed by atoms with Crippen molar-refractivity contribution in [2.24, 2.45) is 0 Å². The van der Waals surface area contributed by atoms with Crippen LogP contribution in [0.1, 0.15) is 48.0 Å². The van der Waals surface area contributed by atoms with Gasteiger partial charge in [0.15, 0.2) is 5.65 Å². The van der Waals surface area contributed by atoms with E-state index in [1.54, 1.807) is 0 Å². The molecule has 1 fully saturated rings. The summed E-state index contributed by atoms with van der Waals surface area (Å²) < 4.78 is 7.72. The zero-order valence-electron chi connectivity index (χ0n) is 19.3. The summed E-state index contributed by atoms with van der Waals surface area (Å²) in [5.74, 6) is 1.09. The largest absolute Gasteiger partial charge is 0.381 e. The Morgan fingerprint density at radius 2 is 1.84 bits per heavy atom. The fraction of sp³-hybridized carbons (Fsp3) is 0.462. The van der Waals surface area contributed by atoms with Crippen LogP contribution in [0.3, 0.4) is 0 Å². The average molecular weight is 419 g/mol. The van der Waals surface area contributed by atoms with Crippen molar-refractivity contribution in [1.82, 2.24) is 19.4 Å². The van der Waals surface area contributed by atoms with Crippen LogP contribution in [0, 0.1) is 13.8 Å². The van der Waals surface area contributed by atoms with E-state index in [1.165, 1.54) is 16.7 Å². The summed E-state index contributed by atoms with van der Waals surface area (Å²) in [6.45, 7) is 10.4. The second-order valence-corrected chi connectivity index (χ2v) is 8.60. The molecule has 0 radical (unpaired) electrons. The number of aryl methyl sites for hydroxylation is 3. The molecule has 0 amide bonds. The lowest BCUT2D eigenvalue weighted by Gasteiger charge is -2.30. The van der Waals surface area contributed by atoms with Crippen molar-refractivity contribution in [2.75, 3.05) is 26.7 Å². The molecule has 0 saturated carbocycles. The number of likely N-dealkylation sites (tertiary alicyclic amines) is 1. The van der Waals surface area contributed by atoms with Crippen molar-refractivity contribution < 1.29 is 4.74 Å². The highest BCUT2D eigenvalue weighted by Gasteiger charge is 2.17. The van der Waals surface area contributed by atoms with Gasteiger partial charge in [-0.3, -0.25) is 4.90 Å². The van der Waals surface area contributed by atoms with Crippen LogP contribution in [0.2, 0.25) is 0 Å². The number of piperidine rings is 1. The molecule has 0 bridgehead atoms. The highest BCUT2D eigenvalue weighted by atomic mass is 16.5. The van der Waals surface area contributed by atoms with Gasteiger partial charge in [0.2, 0.25) is 0 Å². The van der Waals surface area contributed by atoms with Crippen molar-refractivity contribution in [1.29, 1.82) is 0 Å². The number of pyridine rings is 1. The number of fused-ring (bicyclic) bond motifs is 1. The Kier molecular flexibility index (Phi) is 6.83. The summed E-state index contributed by atoms with van der Waals surface area (Å²) in [5.41, 5.74) is 6.77. The third-order valence-electron chi connectivity index (χ3n) is 6.28. The SMILES string of the molecule is CCc1nc2c(C)cc(C)nc2n1Cc1ccc(/C=C/CN2CCC(OC)CC2)cc1. The molecule has 0 spiro atoms. The van der Waals surface area contributed by atoms with Gasteiger partial charge in [-0.1, -0.05) is 43.3 Å². The molecule has 1 aromatic carbocycles. The first-order chi connectivity index (χ1) is 15.1. The lowest BCUT2D eigenvalue weighted by molar-refractivity contribution is 0.0445. The molecule has 4 rings (SSSR count). The van der Waals surface area contributed by atoms with Crippen LogP contribution in [-0.2, 0) is 17.7 Å². The van der Waals surface area contributed by atoms with E-state index < -0.39 is 0 Å². The van der Waals surface area contributed by atoms with Gasteiger partial charge in [0, 0.05) is 38.9 Å². The Morgan fingerprint density at radius 3 is 2.52 bits per heavy atom. The third-order valence-corrected chi connectivity index (χ3v) is 6.28. The number of benzene rings is 1. The third kappa shape index (κ3) is 5.05. The summed E-state index contributed by atoms with van der Waals surface area (Å²) in [4.78, 5) is 12.1. The summed E-state index contributed by atoms with van der Waals surface area (Å²) in [6, 6.07) is 11.0. The standard InChI is InChI=1S/C26H34N4O/c1-5-24-28-25-19(2)17-20(3)27-26(25)30(24)18-22-10-8-21(9-11-22)7-6-14-29-15-12-23(31-4)13-16-29/h6-11,17,23H,5,12-16,18H2,1-4H3/b7-6+. The molecule has 2 aromatic heterocycles. The number of imidazole rings is 1. The molecule has 5 heteroatoms. The number of hydrogen-bond acceptors (Lipinski definition) is 4. The van der Waals surface area contributed by atoms with Crippen LogP contribution >= 0.6 is 0 Å². The first kappa shape index (κ1) is 21.7. The van der Waals surface area contributed by atoms with E-state index in [4.69, 9.17) is 14.7 Å². The van der Waals surface area contributed by atoms with Crippen molar-refractivity contribution in [3.05, 3.63) is 64.6 Å². The van der Waals surface area contributed by atoms with Gasteiger partial charge in [-0.25, -0.2) is 9.97 Å². The predicted octanol–water partition coefficient (Wildman–Crippen LogP) is 4.78. The van der Waals surface area contributed by atoms with Gasteiger partial charge < -0.3 is 9.30 Å². The maximum absolute atomic E-state index is 5.46. The van der Waals surface area contributed by atoms with E-state index in [0.29, 0.717) is 6.10 Å². The van der Waals surface area contributed by atoms with E-state index in [2.05, 4.69) is 72.7 Å². The second kappa shape index (κ2) is 9.75. The number of aromatic nitrogens is 3. The van der Waals surface area contributed by atoms with Crippen molar-refractivity contribution in [2.45, 2.75) is 52.7 Å². The molecule has 0 N–H and O–H groups in total. The number of nitrogens with zero attached hydrogens (tertiary/aromatic N) is 4. The van der Waals surface area contributed by atoms with E-state index >= 15 is 0 Å². The fourth-order valence-corrected chi connectivity index (χ4v) is 4.47. The van der Waals surface area contributed by atoms with Crippen LogP contribution in [0.5, 0.6) is 0 Å². The van der Waals surface area contributed by atoms with Gasteiger partial charge in [-0.05, 0) is 49.4 Å². The zero-order valence-corrected chi connectivity index (χ0v) is 19.3. The van der Waals surface area contributed by atoms with Gasteiger partial charge in [0.25, 0.3) is 0 Å². The van der Waals surface area contributed by atoms with Crippen molar-refractivity contribution >= 4 is 17.2 Å². The van der Waals surface area contributed by atoms with Gasteiger partial charge in [-0.2, -0.15) is 0 Å². The lowest BCUT2D eigenvalue weighted by atomic mass is 10.1. The molecule has 31 heavy (non-hydrogen) atoms. The Hall–Kier alpha value is -2.50.